The van der Waals surface area contributed by atoms with Gasteiger partial charge in [-0.3, -0.25) is 0 Å². The largest absolute Gasteiger partial charge is 0.149 e. The molecule has 0 aromatic carbocycles. The van der Waals surface area contributed by atoms with Gasteiger partial charge in [-0.2, -0.15) is 0 Å². The summed E-state index contributed by atoms with van der Waals surface area (Å²) in [5.74, 6) is 0.705. The lowest BCUT2D eigenvalue weighted by molar-refractivity contribution is 0.249. The Labute approximate surface area is 114 Å². The van der Waals surface area contributed by atoms with Crippen molar-refractivity contribution >= 4 is 43.2 Å². The van der Waals surface area contributed by atoms with Crippen molar-refractivity contribution in [1.82, 2.24) is 0 Å². The number of thiophene rings is 1. The van der Waals surface area contributed by atoms with Crippen LogP contribution in [0.1, 0.15) is 25.1 Å². The zero-order valence-corrected chi connectivity index (χ0v) is 13.3. The SMILES string of the molecule is CC(C)C(CBr)(CBr)CCc1cccs1. The molecule has 0 aliphatic heterocycles. The molecule has 0 atom stereocenters. The van der Waals surface area contributed by atoms with E-state index in [1.165, 1.54) is 17.7 Å². The molecule has 0 unspecified atom stereocenters. The molecule has 0 spiro atoms. The first-order valence-corrected chi connectivity index (χ1v) is 8.41. The Morgan fingerprint density at radius 1 is 1.33 bits per heavy atom. The third-order valence-corrected chi connectivity index (χ3v) is 6.38. The van der Waals surface area contributed by atoms with Crippen LogP contribution in [0.25, 0.3) is 0 Å². The second kappa shape index (κ2) is 6.41. The van der Waals surface area contributed by atoms with Gasteiger partial charge in [0.1, 0.15) is 0 Å². The Morgan fingerprint density at radius 2 is 2.00 bits per heavy atom. The third kappa shape index (κ3) is 3.57. The molecular formula is C12H18Br2S. The van der Waals surface area contributed by atoms with Crippen molar-refractivity contribution in [3.8, 4) is 0 Å². The maximum absolute atomic E-state index is 3.67. The molecule has 0 bridgehead atoms. The molecule has 1 heterocycles. The molecule has 0 N–H and O–H groups in total. The quantitative estimate of drug-likeness (QED) is 0.623. The van der Waals surface area contributed by atoms with E-state index in [4.69, 9.17) is 0 Å². The monoisotopic (exact) mass is 352 g/mol. The predicted molar refractivity (Wildman–Crippen MR) is 77.5 cm³/mol. The van der Waals surface area contributed by atoms with Gasteiger partial charge in [0.05, 0.1) is 0 Å². The summed E-state index contributed by atoms with van der Waals surface area (Å²) in [6.07, 6.45) is 2.45. The highest BCUT2D eigenvalue weighted by Gasteiger charge is 2.31. The molecule has 1 rings (SSSR count). The molecule has 1 aromatic rings. The molecule has 15 heavy (non-hydrogen) atoms. The summed E-state index contributed by atoms with van der Waals surface area (Å²) in [6.45, 7) is 4.63. The zero-order chi connectivity index (χ0) is 11.3. The Kier molecular flexibility index (Phi) is 5.86. The minimum Gasteiger partial charge on any atom is -0.149 e. The standard InChI is InChI=1S/C12H18Br2S/c1-10(2)12(8-13,9-14)6-5-11-4-3-7-15-11/h3-4,7,10H,5-6,8-9H2,1-2H3. The minimum absolute atomic E-state index is 0.393. The lowest BCUT2D eigenvalue weighted by Gasteiger charge is -2.34. The van der Waals surface area contributed by atoms with Gasteiger partial charge in [-0.15, -0.1) is 11.3 Å². The van der Waals surface area contributed by atoms with Crippen LogP contribution in [0, 0.1) is 11.3 Å². The van der Waals surface area contributed by atoms with Crippen molar-refractivity contribution in [3.63, 3.8) is 0 Å². The average Bonchev–Trinajstić information content (AvgIpc) is 2.72. The fraction of sp³-hybridized carbons (Fsp3) is 0.667. The Morgan fingerprint density at radius 3 is 2.40 bits per heavy atom. The van der Waals surface area contributed by atoms with Crippen molar-refractivity contribution < 1.29 is 0 Å². The molecule has 0 fully saturated rings. The smallest absolute Gasteiger partial charge is 0.00985 e. The summed E-state index contributed by atoms with van der Waals surface area (Å²) in [5, 5.41) is 4.32. The van der Waals surface area contributed by atoms with Crippen LogP contribution < -0.4 is 0 Å². The first-order chi connectivity index (χ1) is 7.14. The molecule has 0 radical (unpaired) electrons. The van der Waals surface area contributed by atoms with E-state index in [1.54, 1.807) is 0 Å². The van der Waals surface area contributed by atoms with Gasteiger partial charge in [-0.25, -0.2) is 0 Å². The number of halogens is 2. The average molecular weight is 354 g/mol. The zero-order valence-electron chi connectivity index (χ0n) is 9.30. The van der Waals surface area contributed by atoms with Crippen LogP contribution in [0.3, 0.4) is 0 Å². The van der Waals surface area contributed by atoms with Gasteiger partial charge in [0.2, 0.25) is 0 Å². The van der Waals surface area contributed by atoms with Crippen LogP contribution in [0.4, 0.5) is 0 Å². The van der Waals surface area contributed by atoms with Crippen LogP contribution >= 0.6 is 43.2 Å². The molecule has 1 aromatic heterocycles. The molecule has 3 heteroatoms. The molecule has 0 nitrogen and oxygen atoms in total. The van der Waals surface area contributed by atoms with Gasteiger partial charge < -0.3 is 0 Å². The molecule has 86 valence electrons. The van der Waals surface area contributed by atoms with Crippen molar-refractivity contribution in [3.05, 3.63) is 22.4 Å². The number of rotatable bonds is 6. The van der Waals surface area contributed by atoms with E-state index >= 15 is 0 Å². The minimum atomic E-state index is 0.393. The molecular weight excluding hydrogens is 336 g/mol. The van der Waals surface area contributed by atoms with Crippen molar-refractivity contribution in [2.45, 2.75) is 26.7 Å². The number of aryl methyl sites for hydroxylation is 1. The first-order valence-electron chi connectivity index (χ1n) is 5.29. The molecule has 0 saturated carbocycles. The van der Waals surface area contributed by atoms with Crippen LogP contribution in [-0.4, -0.2) is 10.7 Å². The van der Waals surface area contributed by atoms with Gasteiger partial charge in [-0.1, -0.05) is 51.8 Å². The topological polar surface area (TPSA) is 0 Å². The summed E-state index contributed by atoms with van der Waals surface area (Å²) >= 11 is 9.21. The van der Waals surface area contributed by atoms with E-state index in [2.05, 4.69) is 63.2 Å². The molecule has 0 aliphatic carbocycles. The number of hydrogen-bond donors (Lipinski definition) is 0. The lowest BCUT2D eigenvalue weighted by atomic mass is 9.77. The van der Waals surface area contributed by atoms with Crippen molar-refractivity contribution in [1.29, 1.82) is 0 Å². The molecule has 0 amide bonds. The predicted octanol–water partition coefficient (Wildman–Crippen LogP) is 5.11. The van der Waals surface area contributed by atoms with E-state index in [0.29, 0.717) is 11.3 Å². The van der Waals surface area contributed by atoms with Crippen LogP contribution in [-0.2, 0) is 6.42 Å². The van der Waals surface area contributed by atoms with Gasteiger partial charge in [-0.05, 0) is 35.6 Å². The highest BCUT2D eigenvalue weighted by Crippen LogP contribution is 2.37. The highest BCUT2D eigenvalue weighted by atomic mass is 79.9. The van der Waals surface area contributed by atoms with Gasteiger partial charge in [0, 0.05) is 15.5 Å². The second-order valence-electron chi connectivity index (χ2n) is 4.36. The Bertz CT molecular complexity index is 263. The van der Waals surface area contributed by atoms with Gasteiger partial charge >= 0.3 is 0 Å². The van der Waals surface area contributed by atoms with Crippen LogP contribution in [0.5, 0.6) is 0 Å². The molecule has 0 saturated heterocycles. The summed E-state index contributed by atoms with van der Waals surface area (Å²) in [5.41, 5.74) is 0.393. The van der Waals surface area contributed by atoms with Gasteiger partial charge in [0.15, 0.2) is 0 Å². The number of hydrogen-bond acceptors (Lipinski definition) is 1. The Hall–Kier alpha value is 0.660. The van der Waals surface area contributed by atoms with Crippen LogP contribution in [0.2, 0.25) is 0 Å². The fourth-order valence-corrected chi connectivity index (χ4v) is 5.09. The Balaban J connectivity index is 2.59. The normalized spacial score (nSPS) is 12.3. The summed E-state index contributed by atoms with van der Waals surface area (Å²) in [6, 6.07) is 4.37. The fourth-order valence-electron chi connectivity index (χ4n) is 1.59. The van der Waals surface area contributed by atoms with Crippen molar-refractivity contribution in [2.75, 3.05) is 10.7 Å². The summed E-state index contributed by atoms with van der Waals surface area (Å²) in [4.78, 5) is 1.50. The summed E-state index contributed by atoms with van der Waals surface area (Å²) in [7, 11) is 0. The van der Waals surface area contributed by atoms with Gasteiger partial charge in [0.25, 0.3) is 0 Å². The van der Waals surface area contributed by atoms with Crippen LogP contribution in [0.15, 0.2) is 17.5 Å². The van der Waals surface area contributed by atoms with Crippen molar-refractivity contribution in [2.24, 2.45) is 11.3 Å². The lowest BCUT2D eigenvalue weighted by Crippen LogP contribution is -2.31. The van der Waals surface area contributed by atoms with E-state index in [1.807, 2.05) is 11.3 Å². The number of alkyl halides is 2. The first kappa shape index (κ1) is 13.7. The highest BCUT2D eigenvalue weighted by molar-refractivity contribution is 9.09. The van der Waals surface area contributed by atoms with E-state index in [0.717, 1.165) is 10.7 Å². The summed E-state index contributed by atoms with van der Waals surface area (Å²) < 4.78 is 0. The van der Waals surface area contributed by atoms with E-state index in [-0.39, 0.29) is 0 Å². The molecule has 0 aliphatic rings. The van der Waals surface area contributed by atoms with E-state index < -0.39 is 0 Å². The maximum atomic E-state index is 3.67. The van der Waals surface area contributed by atoms with E-state index in [9.17, 15) is 0 Å². The maximum Gasteiger partial charge on any atom is 0.00985 e. The second-order valence-corrected chi connectivity index (χ2v) is 6.52. The third-order valence-electron chi connectivity index (χ3n) is 3.21.